The van der Waals surface area contributed by atoms with E-state index in [9.17, 15) is 10.5 Å². The van der Waals surface area contributed by atoms with Crippen molar-refractivity contribution >= 4 is 87.2 Å². The molecule has 0 amide bonds. The van der Waals surface area contributed by atoms with Crippen LogP contribution >= 0.6 is 0 Å². The summed E-state index contributed by atoms with van der Waals surface area (Å²) >= 11 is 0. The summed E-state index contributed by atoms with van der Waals surface area (Å²) in [6.45, 7) is 0. The molecule has 62 heavy (non-hydrogen) atoms. The van der Waals surface area contributed by atoms with Gasteiger partial charge in [0.2, 0.25) is 0 Å². The van der Waals surface area contributed by atoms with Crippen LogP contribution in [0.25, 0.3) is 110 Å². The van der Waals surface area contributed by atoms with Gasteiger partial charge in [-0.15, -0.1) is 0 Å². The Morgan fingerprint density at radius 1 is 0.290 bits per heavy atom. The van der Waals surface area contributed by atoms with Crippen LogP contribution in [0, 0.1) is 22.7 Å². The normalized spacial score (nSPS) is 11.8. The zero-order chi connectivity index (χ0) is 41.1. The number of benzene rings is 9. The minimum Gasteiger partial charge on any atom is -0.309 e. The van der Waals surface area contributed by atoms with Crippen molar-refractivity contribution in [3.05, 3.63) is 205 Å². The first-order chi connectivity index (χ1) is 30.7. The minimum atomic E-state index is 0.320. The number of fused-ring (bicyclic) bond motifs is 14. The van der Waals surface area contributed by atoms with E-state index >= 15 is 0 Å². The van der Waals surface area contributed by atoms with Crippen LogP contribution in [0.2, 0.25) is 0 Å². The second-order valence-electron chi connectivity index (χ2n) is 15.9. The van der Waals surface area contributed by atoms with Gasteiger partial charge in [-0.05, 0) is 84.9 Å². The van der Waals surface area contributed by atoms with Crippen LogP contribution in [-0.2, 0) is 0 Å². The maximum atomic E-state index is 11.0. The number of aromatic nitrogens is 4. The van der Waals surface area contributed by atoms with Crippen LogP contribution in [0.4, 0.5) is 0 Å². The van der Waals surface area contributed by atoms with Gasteiger partial charge < -0.3 is 18.3 Å². The van der Waals surface area contributed by atoms with Gasteiger partial charge in [-0.1, -0.05) is 109 Å². The predicted octanol–water partition coefficient (Wildman–Crippen LogP) is 13.8. The first kappa shape index (κ1) is 34.1. The summed E-state index contributed by atoms with van der Waals surface area (Å²) in [4.78, 5) is 0. The highest BCUT2D eigenvalue weighted by atomic mass is 15.0. The molecule has 13 rings (SSSR count). The monoisotopic (exact) mass is 788 g/mol. The average Bonchev–Trinajstić information content (AvgIpc) is 4.06. The molecule has 6 nitrogen and oxygen atoms in total. The molecule has 0 unspecified atom stereocenters. The molecule has 0 atom stereocenters. The molecule has 0 bridgehead atoms. The fraction of sp³-hybridized carbons (Fsp3) is 0. The highest BCUT2D eigenvalue weighted by Gasteiger charge is 2.25. The molecule has 0 aliphatic rings. The summed E-state index contributed by atoms with van der Waals surface area (Å²) in [6.07, 6.45) is 0. The topological polar surface area (TPSA) is 67.3 Å². The van der Waals surface area contributed by atoms with Crippen LogP contribution in [0.5, 0.6) is 0 Å². The zero-order valence-corrected chi connectivity index (χ0v) is 33.2. The van der Waals surface area contributed by atoms with Crippen LogP contribution in [0.1, 0.15) is 11.1 Å². The van der Waals surface area contributed by atoms with Gasteiger partial charge in [0, 0.05) is 60.2 Å². The van der Waals surface area contributed by atoms with Gasteiger partial charge >= 0.3 is 0 Å². The molecule has 9 aromatic carbocycles. The largest absolute Gasteiger partial charge is 0.309 e. The Morgan fingerprint density at radius 3 is 1.02 bits per heavy atom. The zero-order valence-electron chi connectivity index (χ0n) is 33.2. The van der Waals surface area contributed by atoms with E-state index in [4.69, 9.17) is 0 Å². The quantitative estimate of drug-likeness (QED) is 0.178. The van der Waals surface area contributed by atoms with Crippen LogP contribution in [0.3, 0.4) is 0 Å². The van der Waals surface area contributed by atoms with E-state index in [-0.39, 0.29) is 0 Å². The lowest BCUT2D eigenvalue weighted by Gasteiger charge is -2.16. The van der Waals surface area contributed by atoms with E-state index in [1.807, 2.05) is 18.2 Å². The van der Waals surface area contributed by atoms with E-state index in [1.54, 1.807) is 0 Å². The molecule has 13 aromatic rings. The summed E-state index contributed by atoms with van der Waals surface area (Å²) in [7, 11) is 0. The summed E-state index contributed by atoms with van der Waals surface area (Å²) in [6, 6.07) is 72.9. The van der Waals surface area contributed by atoms with E-state index in [0.29, 0.717) is 16.8 Å². The molecule has 0 N–H and O–H groups in total. The third-order valence-electron chi connectivity index (χ3n) is 12.8. The lowest BCUT2D eigenvalue weighted by molar-refractivity contribution is 1.12. The molecule has 0 saturated heterocycles. The minimum absolute atomic E-state index is 0.320. The van der Waals surface area contributed by atoms with Gasteiger partial charge in [0.1, 0.15) is 12.1 Å². The maximum Gasteiger partial charge on any atom is 0.103 e. The molecule has 4 aromatic heterocycles. The van der Waals surface area contributed by atoms with Gasteiger partial charge in [0.25, 0.3) is 0 Å². The van der Waals surface area contributed by atoms with Gasteiger partial charge in [0.05, 0.1) is 60.9 Å². The van der Waals surface area contributed by atoms with Gasteiger partial charge in [-0.2, -0.15) is 10.5 Å². The van der Waals surface area contributed by atoms with Gasteiger partial charge in [-0.25, -0.2) is 0 Å². The fourth-order valence-corrected chi connectivity index (χ4v) is 10.4. The van der Waals surface area contributed by atoms with E-state index in [1.165, 1.54) is 10.8 Å². The first-order valence-electron chi connectivity index (χ1n) is 20.7. The standard InChI is InChI=1S/C56H32N6/c57-33-35-31-38(61-46-25-13-9-21-41(46)55-50(61)28-27-48-53(55)39-19-7-11-23-44(39)59(48)36-15-3-1-4-16-36)32-52(43(35)34-58)62-47-26-14-10-22-42(47)56-51(62)30-29-49-54(56)40-20-8-12-24-45(40)60(49)37-17-5-2-6-18-37/h1-32H. The van der Waals surface area contributed by atoms with Crippen molar-refractivity contribution in [1.29, 1.82) is 10.5 Å². The predicted molar refractivity (Wildman–Crippen MR) is 253 cm³/mol. The van der Waals surface area contributed by atoms with Crippen molar-refractivity contribution in [3.63, 3.8) is 0 Å². The smallest absolute Gasteiger partial charge is 0.103 e. The van der Waals surface area contributed by atoms with E-state index in [0.717, 1.165) is 93.5 Å². The van der Waals surface area contributed by atoms with Crippen molar-refractivity contribution in [1.82, 2.24) is 18.3 Å². The summed E-state index contributed by atoms with van der Waals surface area (Å²) in [5.41, 5.74) is 12.8. The molecule has 0 saturated carbocycles. The van der Waals surface area contributed by atoms with Crippen LogP contribution < -0.4 is 0 Å². The summed E-state index contributed by atoms with van der Waals surface area (Å²) in [5, 5.41) is 30.9. The molecule has 0 radical (unpaired) electrons. The average molecular weight is 789 g/mol. The Morgan fingerprint density at radius 2 is 0.629 bits per heavy atom. The highest BCUT2D eigenvalue weighted by Crippen LogP contribution is 2.45. The molecule has 0 aliphatic heterocycles. The third-order valence-corrected chi connectivity index (χ3v) is 12.8. The number of rotatable bonds is 4. The Hall–Kier alpha value is -8.84. The van der Waals surface area contributed by atoms with Crippen molar-refractivity contribution in [2.24, 2.45) is 0 Å². The molecule has 6 heteroatoms. The van der Waals surface area contributed by atoms with Gasteiger partial charge in [-0.3, -0.25) is 0 Å². The molecular formula is C56H32N6. The molecule has 0 aliphatic carbocycles. The van der Waals surface area contributed by atoms with Crippen LogP contribution in [-0.4, -0.2) is 18.3 Å². The van der Waals surface area contributed by atoms with Crippen molar-refractivity contribution in [3.8, 4) is 34.9 Å². The Bertz CT molecular complexity index is 4110. The number of para-hydroxylation sites is 6. The lowest BCUT2D eigenvalue weighted by Crippen LogP contribution is -2.04. The fourth-order valence-electron chi connectivity index (χ4n) is 10.4. The van der Waals surface area contributed by atoms with Gasteiger partial charge in [0.15, 0.2) is 0 Å². The second kappa shape index (κ2) is 12.8. The molecule has 4 heterocycles. The van der Waals surface area contributed by atoms with Crippen molar-refractivity contribution in [2.45, 2.75) is 0 Å². The molecule has 286 valence electrons. The highest BCUT2D eigenvalue weighted by molar-refractivity contribution is 6.30. The summed E-state index contributed by atoms with van der Waals surface area (Å²) < 4.78 is 9.15. The molecule has 0 fully saturated rings. The SMILES string of the molecule is N#Cc1cc(-n2c3ccccc3c3c4c5ccccc5n(-c5ccccc5)c4ccc32)cc(-n2c3ccccc3c3c4c5ccccc5n(-c5ccccc5)c4ccc32)c1C#N. The van der Waals surface area contributed by atoms with E-state index < -0.39 is 0 Å². The lowest BCUT2D eigenvalue weighted by atomic mass is 10.0. The summed E-state index contributed by atoms with van der Waals surface area (Å²) in [5.74, 6) is 0. The number of nitrogens with zero attached hydrogens (tertiary/aromatic N) is 6. The van der Waals surface area contributed by atoms with Crippen LogP contribution in [0.15, 0.2) is 194 Å². The number of nitriles is 2. The van der Waals surface area contributed by atoms with Crippen molar-refractivity contribution in [2.75, 3.05) is 0 Å². The Labute approximate surface area is 354 Å². The first-order valence-corrected chi connectivity index (χ1v) is 20.7. The molecule has 0 spiro atoms. The maximum absolute atomic E-state index is 11.0. The number of hydrogen-bond donors (Lipinski definition) is 0. The molecular weight excluding hydrogens is 757 g/mol. The Balaban J connectivity index is 1.14. The Kier molecular flexibility index (Phi) is 7.05. The third kappa shape index (κ3) is 4.50. The number of hydrogen-bond acceptors (Lipinski definition) is 2. The van der Waals surface area contributed by atoms with E-state index in [2.05, 4.69) is 206 Å². The van der Waals surface area contributed by atoms with Crippen molar-refractivity contribution < 1.29 is 0 Å². The second-order valence-corrected chi connectivity index (χ2v) is 15.9.